The summed E-state index contributed by atoms with van der Waals surface area (Å²) in [5.74, 6) is -0.520. The molecular formula is C48H83O12P. The van der Waals surface area contributed by atoms with Gasteiger partial charge in [0.1, 0.15) is 42.7 Å². The van der Waals surface area contributed by atoms with Crippen molar-refractivity contribution < 1.29 is 58.3 Å². The van der Waals surface area contributed by atoms with E-state index in [0.717, 1.165) is 70.6 Å². The predicted molar refractivity (Wildman–Crippen MR) is 244 cm³/mol. The van der Waals surface area contributed by atoms with Gasteiger partial charge in [-0.05, 0) is 64.2 Å². The molecule has 1 aliphatic rings. The van der Waals surface area contributed by atoms with Gasteiger partial charge >= 0.3 is 13.8 Å². The Hall–Kier alpha value is -2.22. The average molecular weight is 883 g/mol. The van der Waals surface area contributed by atoms with E-state index < -0.39 is 63.1 Å². The van der Waals surface area contributed by atoms with Crippen molar-refractivity contribution in [3.8, 4) is 0 Å². The lowest BCUT2D eigenvalue weighted by molar-refractivity contribution is -0.220. The molecule has 1 aliphatic carbocycles. The number of rotatable bonds is 38. The molecule has 1 saturated carbocycles. The van der Waals surface area contributed by atoms with Crippen LogP contribution in [0.1, 0.15) is 162 Å². The molecule has 1 rings (SSSR count). The van der Waals surface area contributed by atoms with E-state index in [4.69, 9.17) is 18.5 Å². The molecule has 352 valence electrons. The fourth-order valence-electron chi connectivity index (χ4n) is 6.65. The van der Waals surface area contributed by atoms with Gasteiger partial charge in [-0.3, -0.25) is 13.8 Å². The molecule has 0 bridgehead atoms. The molecule has 6 atom stereocenters. The van der Waals surface area contributed by atoms with Gasteiger partial charge in [0.05, 0.1) is 13.2 Å². The van der Waals surface area contributed by atoms with Crippen molar-refractivity contribution in [2.45, 2.75) is 204 Å². The molecule has 1 fully saturated rings. The molecule has 61 heavy (non-hydrogen) atoms. The van der Waals surface area contributed by atoms with Crippen LogP contribution in [0.3, 0.4) is 0 Å². The zero-order chi connectivity index (χ0) is 44.8. The summed E-state index contributed by atoms with van der Waals surface area (Å²) in [6.45, 7) is 4.09. The smallest absolute Gasteiger partial charge is 0.457 e. The highest BCUT2D eigenvalue weighted by Gasteiger charge is 2.51. The highest BCUT2D eigenvalue weighted by molar-refractivity contribution is 7.47. The molecule has 13 heteroatoms. The van der Waals surface area contributed by atoms with E-state index >= 15 is 0 Å². The number of esters is 1. The molecule has 0 aromatic rings. The standard InChI is InChI=1S/C48H83O12P/c1-3-5-7-9-11-13-15-17-18-19-20-21-22-23-24-25-27-29-31-33-35-37-42(49)59-41(39-57-38-36-34-32-30-28-26-16-14-12-10-8-6-4-2)40-58-61(55,56)60-48-46(53)44(51)43(50)45(52)47(48)54/h5,7,11,13,17-18,20-21,23-24,27,29,41,43-48,50-54H,3-4,6,8-10,12,14-16,19,22,25-26,28,30-40H2,1-2H3,(H,55,56)/b7-5-,13-11-,18-17-,21-20-,24-23-,29-27-. The van der Waals surface area contributed by atoms with Crippen LogP contribution in [0.25, 0.3) is 0 Å². The van der Waals surface area contributed by atoms with E-state index in [9.17, 15) is 39.8 Å². The van der Waals surface area contributed by atoms with Crippen LogP contribution in [0.15, 0.2) is 72.9 Å². The molecule has 12 nitrogen and oxygen atoms in total. The van der Waals surface area contributed by atoms with Crippen LogP contribution in [0.4, 0.5) is 0 Å². The Kier molecular flexibility index (Phi) is 35.6. The quantitative estimate of drug-likeness (QED) is 0.0149. The van der Waals surface area contributed by atoms with Gasteiger partial charge < -0.3 is 39.9 Å². The molecule has 0 amide bonds. The lowest BCUT2D eigenvalue weighted by atomic mass is 9.85. The lowest BCUT2D eigenvalue weighted by Gasteiger charge is -2.41. The second kappa shape index (κ2) is 38.3. The molecule has 0 saturated heterocycles. The summed E-state index contributed by atoms with van der Waals surface area (Å²) in [4.78, 5) is 23.1. The molecule has 6 N–H and O–H groups in total. The van der Waals surface area contributed by atoms with Crippen molar-refractivity contribution >= 4 is 13.8 Å². The van der Waals surface area contributed by atoms with Crippen molar-refractivity contribution in [3.63, 3.8) is 0 Å². The first-order valence-corrected chi connectivity index (χ1v) is 24.8. The van der Waals surface area contributed by atoms with Crippen LogP contribution in [-0.4, -0.2) is 98.9 Å². The maximum absolute atomic E-state index is 12.8. The number of hydrogen-bond donors (Lipinski definition) is 6. The predicted octanol–water partition coefficient (Wildman–Crippen LogP) is 9.58. The Morgan fingerprint density at radius 3 is 1.44 bits per heavy atom. The number of phosphoric acid groups is 1. The number of allylic oxidation sites excluding steroid dienone is 12. The SMILES string of the molecule is CC/C=C\C/C=C\C/C=C\C/C=C\C/C=C\C/C=C\CCCCC(=O)OC(COCCCCCCCCCCCCCCC)COP(=O)(O)OC1C(O)C(O)C(O)C(O)C1O. The second-order valence-corrected chi connectivity index (χ2v) is 17.3. The summed E-state index contributed by atoms with van der Waals surface area (Å²) in [5, 5.41) is 50.2. The maximum Gasteiger partial charge on any atom is 0.472 e. The molecule has 6 unspecified atom stereocenters. The number of unbranched alkanes of at least 4 members (excludes halogenated alkanes) is 14. The molecule has 0 heterocycles. The number of hydrogen-bond acceptors (Lipinski definition) is 11. The summed E-state index contributed by atoms with van der Waals surface area (Å²) in [7, 11) is -5.03. The van der Waals surface area contributed by atoms with Gasteiger partial charge in [0, 0.05) is 13.0 Å². The van der Waals surface area contributed by atoms with Crippen LogP contribution in [0, 0.1) is 0 Å². The fraction of sp³-hybridized carbons (Fsp3) is 0.729. The second-order valence-electron chi connectivity index (χ2n) is 15.9. The van der Waals surface area contributed by atoms with Crippen molar-refractivity contribution in [2.24, 2.45) is 0 Å². The summed E-state index contributed by atoms with van der Waals surface area (Å²) in [5.41, 5.74) is 0. The highest BCUT2D eigenvalue weighted by Crippen LogP contribution is 2.47. The van der Waals surface area contributed by atoms with Crippen LogP contribution in [0.2, 0.25) is 0 Å². The minimum atomic E-state index is -5.03. The number of carbonyl (C=O) groups is 1. The first-order valence-electron chi connectivity index (χ1n) is 23.3. The van der Waals surface area contributed by atoms with Gasteiger partial charge in [0.15, 0.2) is 0 Å². The third-order valence-electron chi connectivity index (χ3n) is 10.3. The topological polar surface area (TPSA) is 192 Å². The van der Waals surface area contributed by atoms with E-state index in [2.05, 4.69) is 86.8 Å². The van der Waals surface area contributed by atoms with Crippen molar-refractivity contribution in [3.05, 3.63) is 72.9 Å². The largest absolute Gasteiger partial charge is 0.472 e. The van der Waals surface area contributed by atoms with Gasteiger partial charge in [-0.1, -0.05) is 164 Å². The molecule has 0 radical (unpaired) electrons. The molecule has 0 aromatic carbocycles. The van der Waals surface area contributed by atoms with E-state index in [1.807, 2.05) is 0 Å². The minimum Gasteiger partial charge on any atom is -0.457 e. The van der Waals surface area contributed by atoms with Crippen LogP contribution in [0.5, 0.6) is 0 Å². The summed E-state index contributed by atoms with van der Waals surface area (Å²) >= 11 is 0. The Morgan fingerprint density at radius 2 is 0.967 bits per heavy atom. The Balaban J connectivity index is 2.43. The van der Waals surface area contributed by atoms with Gasteiger partial charge in [-0.25, -0.2) is 4.57 Å². The van der Waals surface area contributed by atoms with Crippen molar-refractivity contribution in [1.82, 2.24) is 0 Å². The summed E-state index contributed by atoms with van der Waals surface area (Å²) in [6, 6.07) is 0. The number of ether oxygens (including phenoxy) is 2. The van der Waals surface area contributed by atoms with Gasteiger partial charge in [0.25, 0.3) is 0 Å². The van der Waals surface area contributed by atoms with Crippen LogP contribution >= 0.6 is 7.82 Å². The van der Waals surface area contributed by atoms with E-state index in [1.54, 1.807) is 0 Å². The normalized spacial score (nSPS) is 22.8. The monoisotopic (exact) mass is 883 g/mol. The number of aliphatic hydroxyl groups is 5. The fourth-order valence-corrected chi connectivity index (χ4v) is 7.62. The van der Waals surface area contributed by atoms with Crippen molar-refractivity contribution in [1.29, 1.82) is 0 Å². The zero-order valence-corrected chi connectivity index (χ0v) is 38.3. The molecule has 0 aromatic heterocycles. The molecular weight excluding hydrogens is 799 g/mol. The van der Waals surface area contributed by atoms with Crippen LogP contribution < -0.4 is 0 Å². The van der Waals surface area contributed by atoms with Crippen LogP contribution in [-0.2, 0) is 27.9 Å². The number of carbonyl (C=O) groups excluding carboxylic acids is 1. The van der Waals surface area contributed by atoms with Gasteiger partial charge in [-0.15, -0.1) is 0 Å². The van der Waals surface area contributed by atoms with E-state index in [-0.39, 0.29) is 13.0 Å². The lowest BCUT2D eigenvalue weighted by Crippen LogP contribution is -2.64. The maximum atomic E-state index is 12.8. The zero-order valence-electron chi connectivity index (χ0n) is 37.4. The third kappa shape index (κ3) is 30.5. The van der Waals surface area contributed by atoms with Gasteiger partial charge in [-0.2, -0.15) is 0 Å². The van der Waals surface area contributed by atoms with E-state index in [1.165, 1.54) is 64.2 Å². The number of phosphoric ester groups is 1. The van der Waals surface area contributed by atoms with Crippen molar-refractivity contribution in [2.75, 3.05) is 19.8 Å². The molecule has 0 aliphatic heterocycles. The molecule has 0 spiro atoms. The summed E-state index contributed by atoms with van der Waals surface area (Å²) in [6.07, 6.45) is 36.8. The number of aliphatic hydroxyl groups excluding tert-OH is 5. The average Bonchev–Trinajstić information content (AvgIpc) is 3.24. The van der Waals surface area contributed by atoms with Gasteiger partial charge in [0.2, 0.25) is 0 Å². The van der Waals surface area contributed by atoms with E-state index in [0.29, 0.717) is 13.0 Å². The third-order valence-corrected chi connectivity index (χ3v) is 11.3. The Morgan fingerprint density at radius 1 is 0.541 bits per heavy atom. The Labute approximate surface area is 368 Å². The first-order chi connectivity index (χ1) is 29.5. The Bertz CT molecular complexity index is 1280. The highest BCUT2D eigenvalue weighted by atomic mass is 31.2. The first kappa shape index (κ1) is 56.8. The minimum absolute atomic E-state index is 0.0964. The summed E-state index contributed by atoms with van der Waals surface area (Å²) < 4.78 is 34.1.